The number of amides is 1. The summed E-state index contributed by atoms with van der Waals surface area (Å²) < 4.78 is 41.2. The maximum Gasteiger partial charge on any atom is 0.471 e. The Hall–Kier alpha value is -1.27. The van der Waals surface area contributed by atoms with Crippen molar-refractivity contribution in [3.63, 3.8) is 0 Å². The monoisotopic (exact) mass is 255 g/mol. The molecule has 0 bridgehead atoms. The van der Waals surface area contributed by atoms with Gasteiger partial charge in [0.05, 0.1) is 13.5 Å². The molecule has 0 radical (unpaired) electrons. The lowest BCUT2D eigenvalue weighted by molar-refractivity contribution is -0.187. The molecular weight excluding hydrogens is 239 g/mol. The number of carbonyl (C=O) groups is 2. The van der Waals surface area contributed by atoms with Gasteiger partial charge in [0.25, 0.3) is 0 Å². The summed E-state index contributed by atoms with van der Waals surface area (Å²) in [6, 6.07) is -0.575. The fourth-order valence-corrected chi connectivity index (χ4v) is 1.22. The summed E-state index contributed by atoms with van der Waals surface area (Å²) >= 11 is 0. The second-order valence-electron chi connectivity index (χ2n) is 3.58. The Morgan fingerprint density at radius 1 is 1.35 bits per heavy atom. The maximum atomic E-state index is 12.3. The number of methoxy groups -OCH3 is 1. The van der Waals surface area contributed by atoms with Gasteiger partial charge in [-0.05, 0) is 13.3 Å². The molecule has 0 saturated carbocycles. The molecule has 0 spiro atoms. The molecule has 1 unspecified atom stereocenters. The van der Waals surface area contributed by atoms with Crippen molar-refractivity contribution in [1.29, 1.82) is 0 Å². The van der Waals surface area contributed by atoms with E-state index in [0.717, 1.165) is 7.11 Å². The summed E-state index contributed by atoms with van der Waals surface area (Å²) in [6.07, 6.45) is -4.79. The van der Waals surface area contributed by atoms with Gasteiger partial charge in [0, 0.05) is 12.6 Å². The van der Waals surface area contributed by atoms with Gasteiger partial charge in [0.1, 0.15) is 0 Å². The fourth-order valence-electron chi connectivity index (χ4n) is 1.22. The number of halogens is 3. The van der Waals surface area contributed by atoms with Gasteiger partial charge in [0.15, 0.2) is 0 Å². The molecule has 100 valence electrons. The Bertz CT molecular complexity index is 278. The zero-order chi connectivity index (χ0) is 13.6. The highest BCUT2D eigenvalue weighted by molar-refractivity contribution is 5.82. The first kappa shape index (κ1) is 15.7. The lowest BCUT2D eigenvalue weighted by Gasteiger charge is -2.28. The summed E-state index contributed by atoms with van der Waals surface area (Å²) in [6.45, 7) is 2.88. The number of ether oxygens (including phenoxy) is 1. The van der Waals surface area contributed by atoms with E-state index in [-0.39, 0.29) is 13.0 Å². The van der Waals surface area contributed by atoms with Crippen LogP contribution in [0.1, 0.15) is 26.7 Å². The Balaban J connectivity index is 4.66. The van der Waals surface area contributed by atoms with Crippen LogP contribution in [0.3, 0.4) is 0 Å². The van der Waals surface area contributed by atoms with Crippen LogP contribution in [-0.4, -0.2) is 42.6 Å². The molecule has 0 aromatic heterocycles. The summed E-state index contributed by atoms with van der Waals surface area (Å²) in [7, 11) is 1.14. The second-order valence-corrected chi connectivity index (χ2v) is 3.58. The van der Waals surface area contributed by atoms with Crippen LogP contribution in [0.5, 0.6) is 0 Å². The summed E-state index contributed by atoms with van der Waals surface area (Å²) in [5.74, 6) is -2.57. The molecule has 0 aliphatic carbocycles. The van der Waals surface area contributed by atoms with Crippen molar-refractivity contribution in [1.82, 2.24) is 4.90 Å². The SMILES string of the molecule is CCC(C)N(CCC(=O)OC)C(=O)C(F)(F)F. The van der Waals surface area contributed by atoms with Crippen LogP contribution in [0.25, 0.3) is 0 Å². The molecule has 1 atom stereocenters. The van der Waals surface area contributed by atoms with Crippen molar-refractivity contribution in [2.45, 2.75) is 38.9 Å². The van der Waals surface area contributed by atoms with Crippen LogP contribution in [0, 0.1) is 0 Å². The topological polar surface area (TPSA) is 46.6 Å². The summed E-state index contributed by atoms with van der Waals surface area (Å²) in [5, 5.41) is 0. The van der Waals surface area contributed by atoms with Gasteiger partial charge in [-0.2, -0.15) is 13.2 Å². The van der Waals surface area contributed by atoms with E-state index in [9.17, 15) is 22.8 Å². The number of hydrogen-bond acceptors (Lipinski definition) is 3. The van der Waals surface area contributed by atoms with Gasteiger partial charge in [-0.3, -0.25) is 9.59 Å². The third-order valence-corrected chi connectivity index (χ3v) is 2.41. The highest BCUT2D eigenvalue weighted by atomic mass is 19.4. The molecule has 0 aliphatic rings. The first-order valence-electron chi connectivity index (χ1n) is 5.18. The van der Waals surface area contributed by atoms with E-state index < -0.39 is 24.1 Å². The molecule has 0 heterocycles. The molecule has 17 heavy (non-hydrogen) atoms. The normalized spacial score (nSPS) is 13.1. The molecule has 0 saturated heterocycles. The Kier molecular flexibility index (Phi) is 5.98. The molecule has 0 rings (SSSR count). The number of hydrogen-bond donors (Lipinski definition) is 0. The van der Waals surface area contributed by atoms with Gasteiger partial charge >= 0.3 is 18.1 Å². The van der Waals surface area contributed by atoms with Crippen LogP contribution < -0.4 is 0 Å². The molecule has 0 N–H and O–H groups in total. The predicted octanol–water partition coefficient (Wildman–Crippen LogP) is 1.74. The van der Waals surface area contributed by atoms with E-state index >= 15 is 0 Å². The number of nitrogens with zero attached hydrogens (tertiary/aromatic N) is 1. The van der Waals surface area contributed by atoms with Crippen LogP contribution in [0.15, 0.2) is 0 Å². The summed E-state index contributed by atoms with van der Waals surface area (Å²) in [5.41, 5.74) is 0. The second kappa shape index (κ2) is 6.46. The smallest absolute Gasteiger partial charge is 0.469 e. The summed E-state index contributed by atoms with van der Waals surface area (Å²) in [4.78, 5) is 22.6. The third kappa shape index (κ3) is 5.06. The van der Waals surface area contributed by atoms with E-state index in [1.54, 1.807) is 6.92 Å². The fraction of sp³-hybridized carbons (Fsp3) is 0.800. The van der Waals surface area contributed by atoms with Crippen molar-refractivity contribution in [3.05, 3.63) is 0 Å². The molecule has 7 heteroatoms. The standard InChI is InChI=1S/C10H16F3NO3/c1-4-7(2)14(6-5-8(15)17-3)9(16)10(11,12)13/h7H,4-6H2,1-3H3. The van der Waals surface area contributed by atoms with Crippen molar-refractivity contribution >= 4 is 11.9 Å². The number of esters is 1. The largest absolute Gasteiger partial charge is 0.471 e. The minimum Gasteiger partial charge on any atom is -0.469 e. The van der Waals surface area contributed by atoms with Crippen molar-refractivity contribution < 1.29 is 27.5 Å². The molecule has 4 nitrogen and oxygen atoms in total. The minimum atomic E-state index is -4.92. The van der Waals surface area contributed by atoms with Gasteiger partial charge in [-0.1, -0.05) is 6.92 Å². The Labute approximate surface area is 97.7 Å². The highest BCUT2D eigenvalue weighted by Crippen LogP contribution is 2.21. The van der Waals surface area contributed by atoms with Crippen molar-refractivity contribution in [2.75, 3.05) is 13.7 Å². The van der Waals surface area contributed by atoms with E-state index in [1.807, 2.05) is 0 Å². The number of carbonyl (C=O) groups excluding carboxylic acids is 2. The molecule has 0 aromatic carbocycles. The van der Waals surface area contributed by atoms with Gasteiger partial charge in [-0.15, -0.1) is 0 Å². The molecule has 1 amide bonds. The van der Waals surface area contributed by atoms with E-state index in [0.29, 0.717) is 11.3 Å². The van der Waals surface area contributed by atoms with Crippen LogP contribution in [0.2, 0.25) is 0 Å². The minimum absolute atomic E-state index is 0.247. The highest BCUT2D eigenvalue weighted by Gasteiger charge is 2.43. The first-order chi connectivity index (χ1) is 7.73. The lowest BCUT2D eigenvalue weighted by Crippen LogP contribution is -2.46. The van der Waals surface area contributed by atoms with Gasteiger partial charge in [-0.25, -0.2) is 0 Å². The average Bonchev–Trinajstić information content (AvgIpc) is 2.26. The number of rotatable bonds is 5. The van der Waals surface area contributed by atoms with E-state index in [4.69, 9.17) is 0 Å². The van der Waals surface area contributed by atoms with Crippen molar-refractivity contribution in [2.24, 2.45) is 0 Å². The van der Waals surface area contributed by atoms with E-state index in [1.165, 1.54) is 6.92 Å². The number of alkyl halides is 3. The average molecular weight is 255 g/mol. The van der Waals surface area contributed by atoms with Gasteiger partial charge in [0.2, 0.25) is 0 Å². The van der Waals surface area contributed by atoms with Crippen LogP contribution in [-0.2, 0) is 14.3 Å². The van der Waals surface area contributed by atoms with Crippen LogP contribution >= 0.6 is 0 Å². The zero-order valence-corrected chi connectivity index (χ0v) is 10.0. The Morgan fingerprint density at radius 3 is 2.24 bits per heavy atom. The van der Waals surface area contributed by atoms with Gasteiger partial charge < -0.3 is 9.64 Å². The zero-order valence-electron chi connectivity index (χ0n) is 10.0. The Morgan fingerprint density at radius 2 is 1.88 bits per heavy atom. The maximum absolute atomic E-state index is 12.3. The third-order valence-electron chi connectivity index (χ3n) is 2.41. The van der Waals surface area contributed by atoms with Crippen molar-refractivity contribution in [3.8, 4) is 0 Å². The predicted molar refractivity (Wildman–Crippen MR) is 54.2 cm³/mol. The van der Waals surface area contributed by atoms with Crippen LogP contribution in [0.4, 0.5) is 13.2 Å². The first-order valence-corrected chi connectivity index (χ1v) is 5.18. The molecule has 0 fully saturated rings. The lowest BCUT2D eigenvalue weighted by atomic mass is 10.2. The molecular formula is C10H16F3NO3. The van der Waals surface area contributed by atoms with E-state index in [2.05, 4.69) is 4.74 Å². The molecule has 0 aromatic rings. The molecule has 0 aliphatic heterocycles. The quantitative estimate of drug-likeness (QED) is 0.703.